The predicted molar refractivity (Wildman–Crippen MR) is 104 cm³/mol. The van der Waals surface area contributed by atoms with Crippen molar-refractivity contribution in [3.63, 3.8) is 0 Å². The molecule has 0 bridgehead atoms. The van der Waals surface area contributed by atoms with Gasteiger partial charge in [0.05, 0.1) is 5.69 Å². The van der Waals surface area contributed by atoms with E-state index in [1.807, 2.05) is 37.3 Å². The molecule has 4 aromatic rings. The molecule has 0 fully saturated rings. The van der Waals surface area contributed by atoms with Gasteiger partial charge >= 0.3 is 0 Å². The van der Waals surface area contributed by atoms with Gasteiger partial charge < -0.3 is 10.5 Å². The molecular formula is C21H17N5O. The van der Waals surface area contributed by atoms with Crippen molar-refractivity contribution in [1.82, 2.24) is 19.7 Å². The summed E-state index contributed by atoms with van der Waals surface area (Å²) in [5.41, 5.74) is 6.85. The molecule has 6 heteroatoms. The van der Waals surface area contributed by atoms with Crippen molar-refractivity contribution in [3.8, 4) is 33.9 Å². The van der Waals surface area contributed by atoms with E-state index in [4.69, 9.17) is 4.98 Å². The summed E-state index contributed by atoms with van der Waals surface area (Å²) in [5.74, 6) is 1.21. The van der Waals surface area contributed by atoms with Gasteiger partial charge in [-0.25, -0.2) is 9.97 Å². The Hall–Kier alpha value is -3.67. The Kier molecular flexibility index (Phi) is 3.27. The van der Waals surface area contributed by atoms with Gasteiger partial charge in [-0.15, -0.1) is 0 Å². The van der Waals surface area contributed by atoms with Crippen molar-refractivity contribution in [1.29, 1.82) is 0 Å². The summed E-state index contributed by atoms with van der Waals surface area (Å²) in [6, 6.07) is 11.7. The molecule has 0 unspecified atom stereocenters. The Balaban J connectivity index is 1.87. The average Bonchev–Trinajstić information content (AvgIpc) is 2.94. The number of fused-ring (bicyclic) bond motifs is 5. The van der Waals surface area contributed by atoms with E-state index in [-0.39, 0.29) is 0 Å². The van der Waals surface area contributed by atoms with Crippen LogP contribution in [0.25, 0.3) is 33.9 Å². The van der Waals surface area contributed by atoms with E-state index in [1.54, 1.807) is 18.6 Å². The number of nitrogens with zero attached hydrogens (tertiary/aromatic N) is 4. The number of aromatic nitrogens is 4. The van der Waals surface area contributed by atoms with Crippen LogP contribution in [-0.2, 0) is 0 Å². The van der Waals surface area contributed by atoms with E-state index >= 15 is 0 Å². The van der Waals surface area contributed by atoms with Gasteiger partial charge in [0.25, 0.3) is 0 Å². The molecule has 1 aliphatic rings. The SMILES string of the molecule is Cc1cccc(-c2nc3c(n2O)-c2cnccc2Nc2ncccc2-3)c1C. The fourth-order valence-electron chi connectivity index (χ4n) is 3.53. The van der Waals surface area contributed by atoms with Gasteiger partial charge in [-0.05, 0) is 43.2 Å². The molecule has 5 rings (SSSR count). The van der Waals surface area contributed by atoms with Crippen LogP contribution in [0.4, 0.5) is 11.5 Å². The minimum absolute atomic E-state index is 0.507. The number of anilines is 2. The molecule has 3 aromatic heterocycles. The zero-order valence-corrected chi connectivity index (χ0v) is 14.9. The maximum atomic E-state index is 11.1. The summed E-state index contributed by atoms with van der Waals surface area (Å²) in [5, 5.41) is 14.4. The Labute approximate surface area is 156 Å². The average molecular weight is 355 g/mol. The largest absolute Gasteiger partial charge is 0.426 e. The Morgan fingerprint density at radius 1 is 0.963 bits per heavy atom. The Morgan fingerprint density at radius 3 is 2.70 bits per heavy atom. The van der Waals surface area contributed by atoms with Gasteiger partial charge in [0.2, 0.25) is 0 Å². The van der Waals surface area contributed by atoms with Gasteiger partial charge in [0.1, 0.15) is 17.2 Å². The van der Waals surface area contributed by atoms with Crippen LogP contribution in [-0.4, -0.2) is 24.9 Å². The molecule has 2 N–H and O–H groups in total. The van der Waals surface area contributed by atoms with Crippen LogP contribution in [0.15, 0.2) is 55.0 Å². The zero-order valence-electron chi connectivity index (χ0n) is 14.9. The van der Waals surface area contributed by atoms with Crippen molar-refractivity contribution in [2.45, 2.75) is 13.8 Å². The van der Waals surface area contributed by atoms with Crippen LogP contribution >= 0.6 is 0 Å². The molecule has 0 aliphatic carbocycles. The van der Waals surface area contributed by atoms with Gasteiger partial charge in [0, 0.05) is 35.3 Å². The quantitative estimate of drug-likeness (QED) is 0.430. The fraction of sp³-hybridized carbons (Fsp3) is 0.0952. The number of aryl methyl sites for hydroxylation is 1. The highest BCUT2D eigenvalue weighted by Crippen LogP contribution is 2.44. The van der Waals surface area contributed by atoms with Gasteiger partial charge in [-0.1, -0.05) is 18.2 Å². The number of hydrogen-bond acceptors (Lipinski definition) is 5. The van der Waals surface area contributed by atoms with Crippen molar-refractivity contribution >= 4 is 11.5 Å². The molecule has 0 spiro atoms. The first kappa shape index (κ1) is 15.6. The maximum Gasteiger partial charge on any atom is 0.176 e. The lowest BCUT2D eigenvalue weighted by Crippen LogP contribution is -2.01. The molecule has 0 radical (unpaired) electrons. The van der Waals surface area contributed by atoms with Crippen molar-refractivity contribution in [2.24, 2.45) is 0 Å². The third-order valence-electron chi connectivity index (χ3n) is 5.09. The molecule has 0 atom stereocenters. The molecule has 0 amide bonds. The van der Waals surface area contributed by atoms with Gasteiger partial charge in [-0.2, -0.15) is 4.73 Å². The fourth-order valence-corrected chi connectivity index (χ4v) is 3.53. The third-order valence-corrected chi connectivity index (χ3v) is 5.09. The van der Waals surface area contributed by atoms with Crippen LogP contribution in [0.1, 0.15) is 11.1 Å². The smallest absolute Gasteiger partial charge is 0.176 e. The lowest BCUT2D eigenvalue weighted by atomic mass is 10.0. The van der Waals surface area contributed by atoms with E-state index in [0.717, 1.165) is 33.5 Å². The number of pyridine rings is 2. The molecule has 27 heavy (non-hydrogen) atoms. The molecule has 0 saturated heterocycles. The van der Waals surface area contributed by atoms with Crippen LogP contribution in [0.2, 0.25) is 0 Å². The van der Waals surface area contributed by atoms with E-state index in [1.165, 1.54) is 4.73 Å². The number of benzene rings is 1. The number of hydrogen-bond donors (Lipinski definition) is 2. The standard InChI is InChI=1S/C21H17N5O/c1-12-5-3-6-14(13(12)2)21-25-18-15-7-4-9-23-20(15)24-17-8-10-22-11-16(17)19(18)26(21)27/h3-11,27H,1-2H3,(H,23,24). The second-order valence-corrected chi connectivity index (χ2v) is 6.64. The first-order valence-corrected chi connectivity index (χ1v) is 8.70. The normalized spacial score (nSPS) is 11.8. The van der Waals surface area contributed by atoms with E-state index in [0.29, 0.717) is 23.0 Å². The molecule has 1 aromatic carbocycles. The molecule has 1 aliphatic heterocycles. The zero-order chi connectivity index (χ0) is 18.5. The highest BCUT2D eigenvalue weighted by atomic mass is 16.5. The predicted octanol–water partition coefficient (Wildman–Crippen LogP) is 4.59. The summed E-state index contributed by atoms with van der Waals surface area (Å²) in [7, 11) is 0. The highest BCUT2D eigenvalue weighted by Gasteiger charge is 2.28. The summed E-state index contributed by atoms with van der Waals surface area (Å²) < 4.78 is 1.17. The van der Waals surface area contributed by atoms with Crippen molar-refractivity contribution < 1.29 is 5.21 Å². The van der Waals surface area contributed by atoms with E-state index in [2.05, 4.69) is 28.3 Å². The monoisotopic (exact) mass is 355 g/mol. The summed E-state index contributed by atoms with van der Waals surface area (Å²) >= 11 is 0. The topological polar surface area (TPSA) is 75.9 Å². The van der Waals surface area contributed by atoms with Crippen LogP contribution in [0.5, 0.6) is 0 Å². The first-order valence-electron chi connectivity index (χ1n) is 8.70. The van der Waals surface area contributed by atoms with Crippen LogP contribution < -0.4 is 5.32 Å². The summed E-state index contributed by atoms with van der Waals surface area (Å²) in [6.07, 6.45) is 5.18. The minimum atomic E-state index is 0.507. The summed E-state index contributed by atoms with van der Waals surface area (Å²) in [6.45, 7) is 4.09. The van der Waals surface area contributed by atoms with Crippen molar-refractivity contribution in [3.05, 3.63) is 66.1 Å². The van der Waals surface area contributed by atoms with E-state index < -0.39 is 0 Å². The first-order chi connectivity index (χ1) is 13.1. The second-order valence-electron chi connectivity index (χ2n) is 6.64. The highest BCUT2D eigenvalue weighted by molar-refractivity contribution is 5.95. The molecule has 0 saturated carbocycles. The van der Waals surface area contributed by atoms with Gasteiger partial charge in [0.15, 0.2) is 5.82 Å². The lowest BCUT2D eigenvalue weighted by Gasteiger charge is -2.11. The Bertz CT molecular complexity index is 1200. The minimum Gasteiger partial charge on any atom is -0.426 e. The molecule has 132 valence electrons. The number of rotatable bonds is 1. The van der Waals surface area contributed by atoms with Gasteiger partial charge in [-0.3, -0.25) is 4.98 Å². The summed E-state index contributed by atoms with van der Waals surface area (Å²) in [4.78, 5) is 13.5. The van der Waals surface area contributed by atoms with Crippen LogP contribution in [0.3, 0.4) is 0 Å². The second kappa shape index (κ2) is 5.67. The number of nitrogens with one attached hydrogen (secondary N) is 1. The molecular weight excluding hydrogens is 338 g/mol. The lowest BCUT2D eigenvalue weighted by molar-refractivity contribution is 0.195. The molecule has 4 heterocycles. The Morgan fingerprint density at radius 2 is 1.81 bits per heavy atom. The third kappa shape index (κ3) is 2.23. The number of imidazole rings is 1. The maximum absolute atomic E-state index is 11.1. The molecule has 6 nitrogen and oxygen atoms in total. The van der Waals surface area contributed by atoms with Crippen molar-refractivity contribution in [2.75, 3.05) is 5.32 Å². The van der Waals surface area contributed by atoms with Crippen LogP contribution in [0, 0.1) is 13.8 Å². The van der Waals surface area contributed by atoms with E-state index in [9.17, 15) is 5.21 Å².